The third kappa shape index (κ3) is 4.68. The summed E-state index contributed by atoms with van der Waals surface area (Å²) in [5, 5.41) is 1.98. The average Bonchev–Trinajstić information content (AvgIpc) is 3.45. The van der Waals surface area contributed by atoms with Crippen LogP contribution in [0.25, 0.3) is 0 Å². The summed E-state index contributed by atoms with van der Waals surface area (Å²) in [4.78, 5) is 15.7. The van der Waals surface area contributed by atoms with Gasteiger partial charge >= 0.3 is 5.97 Å². The molecule has 5 nitrogen and oxygen atoms in total. The van der Waals surface area contributed by atoms with Gasteiger partial charge in [-0.1, -0.05) is 68.7 Å². The van der Waals surface area contributed by atoms with Crippen molar-refractivity contribution in [3.63, 3.8) is 0 Å². The first kappa shape index (κ1) is 29.7. The maximum atomic E-state index is 14.5. The van der Waals surface area contributed by atoms with E-state index in [9.17, 15) is 13.2 Å². The number of carbonyl (C=O) groups excluding carboxylic acids is 1. The number of fused-ring (bicyclic) bond motifs is 1. The Labute approximate surface area is 236 Å². The van der Waals surface area contributed by atoms with Crippen LogP contribution in [0.5, 0.6) is 0 Å². The third-order valence-corrected chi connectivity index (χ3v) is 50.1. The second-order valence-corrected chi connectivity index (χ2v) is 44.4. The number of aryl methyl sites for hydroxylation is 1. The molecule has 0 spiro atoms. The van der Waals surface area contributed by atoms with Crippen LogP contribution in [-0.2, 0) is 19.6 Å². The highest BCUT2D eigenvalue weighted by Crippen LogP contribution is 2.63. The molecule has 4 rings (SSSR count). The predicted octanol–water partition coefficient (Wildman–Crippen LogP) is 6.89. The highest BCUT2D eigenvalue weighted by atomic mass is 32.2. The standard InChI is InChI=1S/C28H43NO4S2Si3/c1-21-13-15-23(16-14-21)35(31,32)29-18-22-19-38(36(5,6)7,37(8,9)10)20-28(22,26(30)33-27(2,3)4)25(29)24-12-11-17-34-24/h11-17,19,25H,18,20H2,1-10H3/t25-,28+/m0/s1. The molecule has 2 aliphatic rings. The molecule has 2 aliphatic heterocycles. The Morgan fingerprint density at radius 2 is 1.63 bits per heavy atom. The van der Waals surface area contributed by atoms with Crippen LogP contribution in [0.3, 0.4) is 0 Å². The molecule has 1 aromatic carbocycles. The van der Waals surface area contributed by atoms with Crippen LogP contribution < -0.4 is 0 Å². The molecule has 10 heteroatoms. The van der Waals surface area contributed by atoms with E-state index in [1.165, 1.54) is 11.3 Å². The summed E-state index contributed by atoms with van der Waals surface area (Å²) in [6.07, 6.45) is 0. The Morgan fingerprint density at radius 1 is 1.05 bits per heavy atom. The monoisotopic (exact) mass is 605 g/mol. The lowest BCUT2D eigenvalue weighted by atomic mass is 9.78. The Morgan fingerprint density at radius 3 is 2.11 bits per heavy atom. The maximum absolute atomic E-state index is 14.5. The lowest BCUT2D eigenvalue weighted by Gasteiger charge is -2.49. The van der Waals surface area contributed by atoms with Crippen molar-refractivity contribution in [2.24, 2.45) is 5.41 Å². The van der Waals surface area contributed by atoms with Gasteiger partial charge in [-0.05, 0) is 62.9 Å². The number of thiophene rings is 1. The molecule has 38 heavy (non-hydrogen) atoms. The van der Waals surface area contributed by atoms with E-state index in [0.717, 1.165) is 22.1 Å². The molecule has 0 amide bonds. The van der Waals surface area contributed by atoms with Gasteiger partial charge in [0.2, 0.25) is 10.0 Å². The first-order valence-electron chi connectivity index (χ1n) is 13.3. The first-order chi connectivity index (χ1) is 17.3. The molecule has 0 radical (unpaired) electrons. The van der Waals surface area contributed by atoms with E-state index in [0.29, 0.717) is 0 Å². The van der Waals surface area contributed by atoms with E-state index in [1.807, 2.05) is 57.3 Å². The third-order valence-electron chi connectivity index (χ3n) is 8.51. The Balaban J connectivity index is 2.02. The number of carbonyl (C=O) groups is 1. The van der Waals surface area contributed by atoms with Crippen LogP contribution in [0.2, 0.25) is 45.3 Å². The highest BCUT2D eigenvalue weighted by Gasteiger charge is 2.71. The minimum Gasteiger partial charge on any atom is -0.459 e. The Hall–Kier alpha value is -1.31. The zero-order valence-corrected chi connectivity index (χ0v) is 29.1. The molecule has 1 aromatic heterocycles. The van der Waals surface area contributed by atoms with Gasteiger partial charge in [0.05, 0.1) is 18.0 Å². The number of benzene rings is 1. The number of hydrogen-bond donors (Lipinski definition) is 0. The summed E-state index contributed by atoms with van der Waals surface area (Å²) in [7, 11) is -9.40. The smallest absolute Gasteiger partial charge is 0.318 e. The van der Waals surface area contributed by atoms with Crippen LogP contribution in [0.4, 0.5) is 0 Å². The van der Waals surface area contributed by atoms with Gasteiger partial charge in [0.1, 0.15) is 11.0 Å². The largest absolute Gasteiger partial charge is 0.459 e. The summed E-state index contributed by atoms with van der Waals surface area (Å²) in [6, 6.07) is 11.1. The van der Waals surface area contributed by atoms with Gasteiger partial charge in [-0.15, -0.1) is 11.3 Å². The van der Waals surface area contributed by atoms with Crippen LogP contribution in [0.1, 0.15) is 37.3 Å². The number of sulfonamides is 1. The van der Waals surface area contributed by atoms with Gasteiger partial charge in [0, 0.05) is 26.6 Å². The zero-order valence-electron chi connectivity index (χ0n) is 24.5. The van der Waals surface area contributed by atoms with Gasteiger partial charge < -0.3 is 4.74 Å². The molecule has 0 saturated carbocycles. The van der Waals surface area contributed by atoms with Crippen molar-refractivity contribution >= 4 is 49.6 Å². The number of rotatable bonds is 6. The molecule has 1 saturated heterocycles. The van der Waals surface area contributed by atoms with Gasteiger partial charge in [0.25, 0.3) is 0 Å². The van der Waals surface area contributed by atoms with E-state index < -0.39 is 49.4 Å². The molecule has 0 N–H and O–H groups in total. The van der Waals surface area contributed by atoms with E-state index in [1.54, 1.807) is 16.4 Å². The highest BCUT2D eigenvalue weighted by molar-refractivity contribution is 7.89. The summed E-state index contributed by atoms with van der Waals surface area (Å²) in [6.45, 7) is 22.6. The van der Waals surface area contributed by atoms with Crippen LogP contribution >= 0.6 is 11.3 Å². The Bertz CT molecular complexity index is 1330. The molecule has 0 unspecified atom stereocenters. The van der Waals surface area contributed by atoms with Crippen molar-refractivity contribution in [3.8, 4) is 0 Å². The van der Waals surface area contributed by atoms with Crippen molar-refractivity contribution in [3.05, 3.63) is 63.5 Å². The fourth-order valence-electron chi connectivity index (χ4n) is 6.67. The summed E-state index contributed by atoms with van der Waals surface area (Å²) < 4.78 is 36.4. The van der Waals surface area contributed by atoms with Gasteiger partial charge in [-0.25, -0.2) is 8.42 Å². The minimum atomic E-state index is -3.87. The molecule has 1 fully saturated rings. The van der Waals surface area contributed by atoms with Crippen molar-refractivity contribution < 1.29 is 17.9 Å². The quantitative estimate of drug-likeness (QED) is 0.266. The van der Waals surface area contributed by atoms with Gasteiger partial charge in [-0.3, -0.25) is 4.79 Å². The molecule has 0 bridgehead atoms. The molecule has 3 heterocycles. The van der Waals surface area contributed by atoms with Gasteiger partial charge in [-0.2, -0.15) is 4.31 Å². The number of ether oxygens (including phenoxy) is 1. The van der Waals surface area contributed by atoms with Crippen LogP contribution in [0.15, 0.2) is 57.9 Å². The SMILES string of the molecule is Cc1ccc(S(=O)(=O)N2CC3=C[Si]([Si](C)(C)C)([Si](C)(C)C)C[C@]3(C(=O)OC(C)(C)C)[C@@H]2c2cccs2)cc1. The summed E-state index contributed by atoms with van der Waals surface area (Å²) >= 11 is 1.53. The topological polar surface area (TPSA) is 63.7 Å². The molecular weight excluding hydrogens is 563 g/mol. The molecular formula is C28H43NO4S2Si3. The predicted molar refractivity (Wildman–Crippen MR) is 166 cm³/mol. The normalized spacial score (nSPS) is 24.3. The lowest BCUT2D eigenvalue weighted by molar-refractivity contribution is -0.165. The number of esters is 1. The Kier molecular flexibility index (Phi) is 7.32. The zero-order chi connectivity index (χ0) is 28.5. The van der Waals surface area contributed by atoms with Crippen molar-refractivity contribution in [1.29, 1.82) is 0 Å². The molecule has 0 aliphatic carbocycles. The van der Waals surface area contributed by atoms with E-state index in [-0.39, 0.29) is 17.4 Å². The minimum absolute atomic E-state index is 0.238. The van der Waals surface area contributed by atoms with Gasteiger partial charge in [0.15, 0.2) is 0 Å². The first-order valence-corrected chi connectivity index (χ1v) is 26.9. The van der Waals surface area contributed by atoms with Crippen molar-refractivity contribution in [1.82, 2.24) is 4.31 Å². The maximum Gasteiger partial charge on any atom is 0.318 e. The second kappa shape index (κ2) is 9.37. The van der Waals surface area contributed by atoms with E-state index >= 15 is 0 Å². The molecule has 208 valence electrons. The average molecular weight is 606 g/mol. The molecule has 2 atom stereocenters. The summed E-state index contributed by atoms with van der Waals surface area (Å²) in [5.41, 5.74) is 2.83. The van der Waals surface area contributed by atoms with Crippen molar-refractivity contribution in [2.45, 2.75) is 89.6 Å². The number of hydrogen-bond acceptors (Lipinski definition) is 5. The second-order valence-electron chi connectivity index (χ2n) is 14.1. The van der Waals surface area contributed by atoms with Crippen LogP contribution in [-0.4, -0.2) is 53.1 Å². The lowest BCUT2D eigenvalue weighted by Crippen LogP contribution is -2.71. The van der Waals surface area contributed by atoms with E-state index in [2.05, 4.69) is 45.0 Å². The van der Waals surface area contributed by atoms with E-state index in [4.69, 9.17) is 4.74 Å². The fourth-order valence-corrected chi connectivity index (χ4v) is 51.5. The summed E-state index contributed by atoms with van der Waals surface area (Å²) in [5.74, 6) is -0.262. The van der Waals surface area contributed by atoms with Crippen LogP contribution in [0, 0.1) is 12.3 Å². The van der Waals surface area contributed by atoms with Crippen molar-refractivity contribution in [2.75, 3.05) is 6.54 Å². The molecule has 2 aromatic rings. The number of nitrogens with zero attached hydrogens (tertiary/aromatic N) is 1. The fraction of sp³-hybridized carbons (Fsp3) is 0.536.